The molecule has 0 aliphatic rings. The molecule has 90 valence electrons. The molecule has 0 spiro atoms. The minimum atomic E-state index is -0.883. The van der Waals surface area contributed by atoms with Crippen molar-refractivity contribution < 1.29 is 9.90 Å². The van der Waals surface area contributed by atoms with E-state index in [-0.39, 0.29) is 12.5 Å². The number of nitrogens with one attached hydrogen (secondary N) is 1. The molecule has 1 amide bonds. The van der Waals surface area contributed by atoms with Gasteiger partial charge in [-0.25, -0.2) is 0 Å². The van der Waals surface area contributed by atoms with Crippen molar-refractivity contribution in [3.05, 3.63) is 0 Å². The molecular formula is C10H23N3O2. The molecule has 15 heavy (non-hydrogen) atoms. The van der Waals surface area contributed by atoms with Gasteiger partial charge in [0.1, 0.15) is 0 Å². The van der Waals surface area contributed by atoms with Gasteiger partial charge in [0.05, 0.1) is 12.1 Å². The summed E-state index contributed by atoms with van der Waals surface area (Å²) < 4.78 is 0. The summed E-state index contributed by atoms with van der Waals surface area (Å²) in [6.07, 6.45) is 0. The Balaban J connectivity index is 3.87. The number of likely N-dealkylation sites (N-methyl/N-ethyl adjacent to an activating group) is 2. The molecule has 5 nitrogen and oxygen atoms in total. The number of hydrogen-bond acceptors (Lipinski definition) is 4. The highest BCUT2D eigenvalue weighted by atomic mass is 16.3. The van der Waals surface area contributed by atoms with E-state index in [1.54, 1.807) is 11.8 Å². The first-order valence-electron chi connectivity index (χ1n) is 5.01. The predicted molar refractivity (Wildman–Crippen MR) is 60.7 cm³/mol. The molecule has 0 aliphatic carbocycles. The zero-order valence-electron chi connectivity index (χ0n) is 10.4. The fraction of sp³-hybridized carbons (Fsp3) is 0.900. The molecule has 0 fully saturated rings. The quantitative estimate of drug-likeness (QED) is 0.598. The van der Waals surface area contributed by atoms with E-state index in [1.165, 1.54) is 0 Å². The van der Waals surface area contributed by atoms with E-state index in [0.717, 1.165) is 0 Å². The zero-order chi connectivity index (χ0) is 12.1. The molecule has 0 saturated carbocycles. The van der Waals surface area contributed by atoms with Gasteiger partial charge < -0.3 is 20.2 Å². The largest absolute Gasteiger partial charge is 0.387 e. The van der Waals surface area contributed by atoms with Gasteiger partial charge in [0.25, 0.3) is 0 Å². The third kappa shape index (κ3) is 8.35. The Hall–Kier alpha value is -0.650. The summed E-state index contributed by atoms with van der Waals surface area (Å²) in [4.78, 5) is 15.0. The number of aliphatic hydroxyl groups is 1. The molecule has 1 unspecified atom stereocenters. The highest BCUT2D eigenvalue weighted by molar-refractivity contribution is 5.77. The molecule has 0 aromatic heterocycles. The lowest BCUT2D eigenvalue weighted by atomic mass is 10.1. The fourth-order valence-electron chi connectivity index (χ4n) is 1.37. The smallest absolute Gasteiger partial charge is 0.234 e. The Bertz CT molecular complexity index is 203. The fourth-order valence-corrected chi connectivity index (χ4v) is 1.37. The maximum Gasteiger partial charge on any atom is 0.234 e. The molecule has 0 saturated heterocycles. The molecule has 0 heterocycles. The van der Waals surface area contributed by atoms with E-state index in [2.05, 4.69) is 5.32 Å². The van der Waals surface area contributed by atoms with Gasteiger partial charge in [0.2, 0.25) is 5.91 Å². The average molecular weight is 217 g/mol. The van der Waals surface area contributed by atoms with Crippen molar-refractivity contribution >= 4 is 5.91 Å². The van der Waals surface area contributed by atoms with Crippen LogP contribution >= 0.6 is 0 Å². The second-order valence-electron chi connectivity index (χ2n) is 4.75. The van der Waals surface area contributed by atoms with Gasteiger partial charge in [-0.3, -0.25) is 4.79 Å². The summed E-state index contributed by atoms with van der Waals surface area (Å²) in [7, 11) is 7.43. The molecule has 0 aliphatic heterocycles. The van der Waals surface area contributed by atoms with Crippen molar-refractivity contribution in [1.82, 2.24) is 15.1 Å². The van der Waals surface area contributed by atoms with Gasteiger partial charge in [-0.1, -0.05) is 0 Å². The maximum absolute atomic E-state index is 11.3. The molecule has 0 aromatic carbocycles. The first kappa shape index (κ1) is 14.3. The van der Waals surface area contributed by atoms with Crippen molar-refractivity contribution in [3.8, 4) is 0 Å². The molecule has 0 bridgehead atoms. The van der Waals surface area contributed by atoms with Crippen LogP contribution in [0.5, 0.6) is 0 Å². The molecular weight excluding hydrogens is 194 g/mol. The van der Waals surface area contributed by atoms with Crippen LogP contribution in [0.4, 0.5) is 0 Å². The summed E-state index contributed by atoms with van der Waals surface area (Å²) in [5, 5.41) is 12.6. The van der Waals surface area contributed by atoms with E-state index in [9.17, 15) is 9.90 Å². The van der Waals surface area contributed by atoms with Crippen LogP contribution in [-0.4, -0.2) is 74.2 Å². The predicted octanol–water partition coefficient (Wildman–Crippen LogP) is -1.02. The topological polar surface area (TPSA) is 55.8 Å². The molecule has 0 aromatic rings. The van der Waals surface area contributed by atoms with Gasteiger partial charge in [-0.05, 0) is 35.1 Å². The number of nitrogens with zero attached hydrogens (tertiary/aromatic N) is 2. The number of hydrogen-bond donors (Lipinski definition) is 2. The Labute approximate surface area is 92.0 Å². The van der Waals surface area contributed by atoms with Crippen LogP contribution in [0.15, 0.2) is 0 Å². The number of amides is 1. The Kier molecular flexibility index (Phi) is 5.79. The Morgan fingerprint density at radius 1 is 1.27 bits per heavy atom. The minimum absolute atomic E-state index is 0.0703. The Morgan fingerprint density at radius 3 is 2.20 bits per heavy atom. The zero-order valence-corrected chi connectivity index (χ0v) is 10.4. The first-order chi connectivity index (χ1) is 6.73. The average Bonchev–Trinajstić information content (AvgIpc) is 1.97. The molecule has 1 atom stereocenters. The lowest BCUT2D eigenvalue weighted by Crippen LogP contribution is -2.48. The second-order valence-corrected chi connectivity index (χ2v) is 4.75. The van der Waals surface area contributed by atoms with E-state index in [0.29, 0.717) is 13.1 Å². The monoisotopic (exact) mass is 217 g/mol. The number of carbonyl (C=O) groups is 1. The third-order valence-electron chi connectivity index (χ3n) is 1.78. The van der Waals surface area contributed by atoms with E-state index in [4.69, 9.17) is 0 Å². The van der Waals surface area contributed by atoms with Crippen molar-refractivity contribution in [2.45, 2.75) is 12.5 Å². The van der Waals surface area contributed by atoms with Gasteiger partial charge in [-0.15, -0.1) is 0 Å². The van der Waals surface area contributed by atoms with E-state index >= 15 is 0 Å². The van der Waals surface area contributed by atoms with Crippen LogP contribution in [-0.2, 0) is 4.79 Å². The van der Waals surface area contributed by atoms with Crippen molar-refractivity contribution in [2.75, 3.05) is 47.8 Å². The lowest BCUT2D eigenvalue weighted by Gasteiger charge is -2.27. The first-order valence-corrected chi connectivity index (χ1v) is 5.01. The molecule has 0 radical (unpaired) electrons. The minimum Gasteiger partial charge on any atom is -0.387 e. The second kappa shape index (κ2) is 6.05. The van der Waals surface area contributed by atoms with Crippen LogP contribution < -0.4 is 5.32 Å². The molecule has 2 N–H and O–H groups in total. The summed E-state index contributed by atoms with van der Waals surface area (Å²) >= 11 is 0. The van der Waals surface area contributed by atoms with Gasteiger partial charge >= 0.3 is 0 Å². The SMILES string of the molecule is CN(C)CC(=O)NCC(C)(O)CN(C)C. The highest BCUT2D eigenvalue weighted by Gasteiger charge is 2.21. The van der Waals surface area contributed by atoms with E-state index < -0.39 is 5.60 Å². The van der Waals surface area contributed by atoms with Gasteiger partial charge in [0.15, 0.2) is 0 Å². The van der Waals surface area contributed by atoms with E-state index in [1.807, 2.05) is 33.1 Å². The lowest BCUT2D eigenvalue weighted by molar-refractivity contribution is -0.122. The van der Waals surface area contributed by atoms with Crippen molar-refractivity contribution in [2.24, 2.45) is 0 Å². The van der Waals surface area contributed by atoms with Crippen LogP contribution in [0.3, 0.4) is 0 Å². The Morgan fingerprint density at radius 2 is 1.80 bits per heavy atom. The van der Waals surface area contributed by atoms with Crippen LogP contribution in [0.25, 0.3) is 0 Å². The van der Waals surface area contributed by atoms with Crippen molar-refractivity contribution in [3.63, 3.8) is 0 Å². The number of carbonyl (C=O) groups excluding carboxylic acids is 1. The maximum atomic E-state index is 11.3. The third-order valence-corrected chi connectivity index (χ3v) is 1.78. The standard InChI is InChI=1S/C10H23N3O2/c1-10(15,8-13(4)5)7-11-9(14)6-12(2)3/h15H,6-8H2,1-5H3,(H,11,14). The van der Waals surface area contributed by atoms with Crippen LogP contribution in [0.1, 0.15) is 6.92 Å². The van der Waals surface area contributed by atoms with Gasteiger partial charge in [0, 0.05) is 13.1 Å². The summed E-state index contributed by atoms with van der Waals surface area (Å²) in [5.41, 5.74) is -0.883. The number of rotatable bonds is 6. The van der Waals surface area contributed by atoms with Crippen molar-refractivity contribution in [1.29, 1.82) is 0 Å². The van der Waals surface area contributed by atoms with Crippen LogP contribution in [0, 0.1) is 0 Å². The van der Waals surface area contributed by atoms with Crippen LogP contribution in [0.2, 0.25) is 0 Å². The summed E-state index contributed by atoms with van der Waals surface area (Å²) in [6, 6.07) is 0. The highest BCUT2D eigenvalue weighted by Crippen LogP contribution is 2.02. The molecule has 5 heteroatoms. The summed E-state index contributed by atoms with van der Waals surface area (Å²) in [5.74, 6) is -0.0703. The summed E-state index contributed by atoms with van der Waals surface area (Å²) in [6.45, 7) is 2.86. The normalized spacial score (nSPS) is 15.5. The molecule has 0 rings (SSSR count). The van der Waals surface area contributed by atoms with Gasteiger partial charge in [-0.2, -0.15) is 0 Å².